The monoisotopic (exact) mass is 1440 g/mol. The van der Waals surface area contributed by atoms with E-state index in [9.17, 15) is 43.2 Å². The van der Waals surface area contributed by atoms with Crippen LogP contribution in [0.3, 0.4) is 0 Å². The van der Waals surface area contributed by atoms with E-state index < -0.39 is 97.5 Å². The minimum absolute atomic E-state index is 0.106. The zero-order valence-electron chi connectivity index (χ0n) is 64.4. The molecule has 0 saturated heterocycles. The highest BCUT2D eigenvalue weighted by atomic mass is 31.2. The van der Waals surface area contributed by atoms with E-state index in [0.717, 1.165) is 120 Å². The van der Waals surface area contributed by atoms with Crippen LogP contribution in [0.25, 0.3) is 0 Å². The van der Waals surface area contributed by atoms with Crippen molar-refractivity contribution >= 4 is 39.5 Å². The Morgan fingerprint density at radius 2 is 0.490 bits per heavy atom. The highest BCUT2D eigenvalue weighted by Crippen LogP contribution is 2.45. The number of aliphatic hydroxyl groups excluding tert-OH is 1. The van der Waals surface area contributed by atoms with Crippen molar-refractivity contribution in [3.05, 3.63) is 0 Å². The first-order valence-corrected chi connectivity index (χ1v) is 43.8. The quantitative estimate of drug-likeness (QED) is 0.0222. The number of unbranched alkanes of at least 4 members (excludes halogenated alkanes) is 40. The van der Waals surface area contributed by atoms with Gasteiger partial charge in [0.05, 0.1) is 26.4 Å². The van der Waals surface area contributed by atoms with Crippen molar-refractivity contribution < 1.29 is 80.2 Å². The van der Waals surface area contributed by atoms with E-state index in [0.29, 0.717) is 25.7 Å². The molecule has 0 radical (unpaired) electrons. The van der Waals surface area contributed by atoms with Crippen molar-refractivity contribution in [3.8, 4) is 0 Å². The molecule has 4 unspecified atom stereocenters. The van der Waals surface area contributed by atoms with Gasteiger partial charge in [0.25, 0.3) is 0 Å². The van der Waals surface area contributed by atoms with Crippen molar-refractivity contribution in [1.29, 1.82) is 0 Å². The first-order chi connectivity index (χ1) is 47.2. The Morgan fingerprint density at radius 3 is 0.724 bits per heavy atom. The summed E-state index contributed by atoms with van der Waals surface area (Å²) in [6.07, 6.45) is 54.2. The molecule has 19 heteroatoms. The Labute approximate surface area is 600 Å². The number of esters is 4. The van der Waals surface area contributed by atoms with Crippen molar-refractivity contribution in [2.75, 3.05) is 39.6 Å². The normalized spacial score (nSPS) is 14.6. The molecule has 7 atom stereocenters. The van der Waals surface area contributed by atoms with E-state index in [1.165, 1.54) is 199 Å². The molecule has 0 aromatic heterocycles. The van der Waals surface area contributed by atoms with Crippen LogP contribution >= 0.6 is 15.6 Å². The molecule has 17 nitrogen and oxygen atoms in total. The van der Waals surface area contributed by atoms with Gasteiger partial charge in [-0.1, -0.05) is 351 Å². The maximum absolute atomic E-state index is 13.1. The first-order valence-electron chi connectivity index (χ1n) is 40.8. The van der Waals surface area contributed by atoms with E-state index in [4.69, 9.17) is 37.0 Å². The van der Waals surface area contributed by atoms with Gasteiger partial charge in [-0.25, -0.2) is 9.13 Å². The van der Waals surface area contributed by atoms with Gasteiger partial charge in [-0.05, 0) is 49.4 Å². The average Bonchev–Trinajstić information content (AvgIpc) is 1.19. The number of ether oxygens (including phenoxy) is 4. The molecule has 0 saturated carbocycles. The fourth-order valence-electron chi connectivity index (χ4n) is 12.0. The predicted molar refractivity (Wildman–Crippen MR) is 400 cm³/mol. The number of rotatable bonds is 76. The minimum atomic E-state index is -4.96. The maximum Gasteiger partial charge on any atom is 0.472 e. The number of phosphoric acid groups is 2. The largest absolute Gasteiger partial charge is 0.472 e. The number of hydrogen-bond acceptors (Lipinski definition) is 15. The third-order valence-electron chi connectivity index (χ3n) is 19.0. The molecular formula is C79H154O17P2. The predicted octanol–water partition coefficient (Wildman–Crippen LogP) is 23.2. The third-order valence-corrected chi connectivity index (χ3v) is 20.9. The van der Waals surface area contributed by atoms with Crippen LogP contribution in [0, 0.1) is 23.7 Å². The summed E-state index contributed by atoms with van der Waals surface area (Å²) in [7, 11) is -9.92. The fourth-order valence-corrected chi connectivity index (χ4v) is 13.6. The average molecular weight is 1440 g/mol. The number of carbonyl (C=O) groups is 4. The second-order valence-corrected chi connectivity index (χ2v) is 32.8. The molecule has 0 aromatic rings. The smallest absolute Gasteiger partial charge is 0.462 e. The van der Waals surface area contributed by atoms with Gasteiger partial charge in [0, 0.05) is 25.7 Å². The number of hydrogen-bond donors (Lipinski definition) is 3. The third kappa shape index (κ3) is 69.8. The Kier molecular flexibility index (Phi) is 66.8. The fraction of sp³-hybridized carbons (Fsp3) is 0.949. The molecule has 0 aliphatic heterocycles. The van der Waals surface area contributed by atoms with Crippen molar-refractivity contribution in [3.63, 3.8) is 0 Å². The lowest BCUT2D eigenvalue weighted by atomic mass is 9.99. The molecule has 0 spiro atoms. The summed E-state index contributed by atoms with van der Waals surface area (Å²) in [6, 6.07) is 0. The van der Waals surface area contributed by atoms with Gasteiger partial charge in [-0.2, -0.15) is 0 Å². The van der Waals surface area contributed by atoms with Crippen molar-refractivity contribution in [2.24, 2.45) is 23.7 Å². The summed E-state index contributed by atoms with van der Waals surface area (Å²) in [5.41, 5.74) is 0. The highest BCUT2D eigenvalue weighted by molar-refractivity contribution is 7.47. The lowest BCUT2D eigenvalue weighted by Gasteiger charge is -2.21. The Balaban J connectivity index is 5.21. The van der Waals surface area contributed by atoms with Gasteiger partial charge in [-0.3, -0.25) is 37.3 Å². The lowest BCUT2D eigenvalue weighted by molar-refractivity contribution is -0.161. The number of carbonyl (C=O) groups excluding carboxylic acids is 4. The van der Waals surface area contributed by atoms with E-state index in [-0.39, 0.29) is 25.7 Å². The van der Waals surface area contributed by atoms with Crippen LogP contribution < -0.4 is 0 Å². The Morgan fingerprint density at radius 1 is 0.286 bits per heavy atom. The topological polar surface area (TPSA) is 237 Å². The molecule has 0 aliphatic rings. The van der Waals surface area contributed by atoms with Crippen molar-refractivity contribution in [1.82, 2.24) is 0 Å². The molecule has 0 heterocycles. The molecule has 0 rings (SSSR count). The van der Waals surface area contributed by atoms with Crippen LogP contribution in [-0.4, -0.2) is 96.7 Å². The standard InChI is InChI=1S/C79H154O17P2/c1-9-71(7)57-49-41-33-26-22-18-15-16-20-24-28-36-46-54-62-79(84)96-75(66-90-77(82)60-52-44-38-37-42-50-58-72(8)10-2)68-94-98(87,88)92-64-73(80)63-91-97(85,86)93-67-74(65-89-76(81)59-51-43-34-30-29-32-40-48-56-70(5)6)95-78(83)61-53-45-35-27-23-19-14-12-11-13-17-21-25-31-39-47-55-69(3)4/h69-75,80H,9-68H2,1-8H3,(H,85,86)(H,87,88)/t71?,72?,73-,74-,75-/m1/s1. The van der Waals surface area contributed by atoms with Crippen LogP contribution in [0.15, 0.2) is 0 Å². The highest BCUT2D eigenvalue weighted by Gasteiger charge is 2.30. The Bertz CT molecular complexity index is 1920. The number of phosphoric ester groups is 2. The molecule has 0 fully saturated rings. The summed E-state index contributed by atoms with van der Waals surface area (Å²) in [5.74, 6) is 0.994. The molecule has 3 N–H and O–H groups in total. The molecule has 0 bridgehead atoms. The van der Waals surface area contributed by atoms with Crippen LogP contribution in [0.1, 0.15) is 402 Å². The SMILES string of the molecule is CCC(C)CCCCCCCCCCCCCCCCC(=O)O[C@H](COC(=O)CCCCCCCCC(C)CC)COP(=O)(O)OC[C@H](O)COP(=O)(O)OC[C@@H](COC(=O)CCCCCCCCCCC(C)C)OC(=O)CCCCCCCCCCCCCCCCCCC(C)C. The van der Waals surface area contributed by atoms with Crippen LogP contribution in [0.5, 0.6) is 0 Å². The lowest BCUT2D eigenvalue weighted by Crippen LogP contribution is -2.30. The molecule has 98 heavy (non-hydrogen) atoms. The molecule has 582 valence electrons. The number of aliphatic hydroxyl groups is 1. The summed E-state index contributed by atoms with van der Waals surface area (Å²) < 4.78 is 68.6. The minimum Gasteiger partial charge on any atom is -0.462 e. The molecule has 0 amide bonds. The second-order valence-electron chi connectivity index (χ2n) is 29.9. The van der Waals surface area contributed by atoms with E-state index in [1.54, 1.807) is 0 Å². The van der Waals surface area contributed by atoms with Gasteiger partial charge >= 0.3 is 39.5 Å². The van der Waals surface area contributed by atoms with Gasteiger partial charge in [0.15, 0.2) is 12.2 Å². The summed E-state index contributed by atoms with van der Waals surface area (Å²) in [4.78, 5) is 72.9. The summed E-state index contributed by atoms with van der Waals surface area (Å²) in [6.45, 7) is 14.2. The van der Waals surface area contributed by atoms with Crippen LogP contribution in [-0.2, 0) is 65.4 Å². The maximum atomic E-state index is 13.1. The van der Waals surface area contributed by atoms with Gasteiger partial charge in [0.2, 0.25) is 0 Å². The van der Waals surface area contributed by atoms with Crippen LogP contribution in [0.2, 0.25) is 0 Å². The summed E-state index contributed by atoms with van der Waals surface area (Å²) in [5, 5.41) is 10.6. The van der Waals surface area contributed by atoms with Gasteiger partial charge in [0.1, 0.15) is 19.3 Å². The van der Waals surface area contributed by atoms with Gasteiger partial charge < -0.3 is 33.8 Å². The van der Waals surface area contributed by atoms with Crippen LogP contribution in [0.4, 0.5) is 0 Å². The first kappa shape index (κ1) is 96.1. The van der Waals surface area contributed by atoms with E-state index >= 15 is 0 Å². The second kappa shape index (κ2) is 68.2. The van der Waals surface area contributed by atoms with Gasteiger partial charge in [-0.15, -0.1) is 0 Å². The van der Waals surface area contributed by atoms with Crippen molar-refractivity contribution in [2.45, 2.75) is 420 Å². The zero-order valence-corrected chi connectivity index (χ0v) is 66.2. The summed E-state index contributed by atoms with van der Waals surface area (Å²) >= 11 is 0. The Hall–Kier alpha value is -1.94. The zero-order chi connectivity index (χ0) is 72.4. The molecular weight excluding hydrogens is 1280 g/mol. The van der Waals surface area contributed by atoms with E-state index in [1.807, 2.05) is 0 Å². The van der Waals surface area contributed by atoms with E-state index in [2.05, 4.69) is 55.4 Å². The molecule has 0 aliphatic carbocycles. The molecule has 0 aromatic carbocycles.